The Morgan fingerprint density at radius 3 is 2.68 bits per heavy atom. The highest BCUT2D eigenvalue weighted by molar-refractivity contribution is 5.90. The number of aromatic nitrogens is 3. The molecule has 2 aromatic heterocycles. The Bertz CT molecular complexity index is 1380. The number of imidazole rings is 1. The van der Waals surface area contributed by atoms with Crippen molar-refractivity contribution in [3.8, 4) is 11.8 Å². The number of likely N-dealkylation sites (tertiary alicyclic amines) is 1. The van der Waals surface area contributed by atoms with Gasteiger partial charge in [0, 0.05) is 37.2 Å². The van der Waals surface area contributed by atoms with Gasteiger partial charge >= 0.3 is 0 Å². The maximum atomic E-state index is 12.8. The number of pyridine rings is 1. The topological polar surface area (TPSA) is 118 Å². The summed E-state index contributed by atoms with van der Waals surface area (Å²) >= 11 is 0. The highest BCUT2D eigenvalue weighted by atomic mass is 16.2. The second kappa shape index (κ2) is 10.8. The lowest BCUT2D eigenvalue weighted by Gasteiger charge is -2.33. The third kappa shape index (κ3) is 5.31. The number of benzene rings is 1. The second-order valence-corrected chi connectivity index (χ2v) is 9.74. The van der Waals surface area contributed by atoms with Crippen molar-refractivity contribution >= 4 is 17.4 Å². The van der Waals surface area contributed by atoms with E-state index in [2.05, 4.69) is 28.2 Å². The Hall–Kier alpha value is -4.25. The molecule has 2 amide bonds. The van der Waals surface area contributed by atoms with E-state index in [9.17, 15) is 14.9 Å². The summed E-state index contributed by atoms with van der Waals surface area (Å²) < 4.78 is 1.65. The summed E-state index contributed by atoms with van der Waals surface area (Å²) in [6.07, 6.45) is 13.7. The van der Waals surface area contributed by atoms with Gasteiger partial charge in [-0.15, -0.1) is 0 Å². The fourth-order valence-electron chi connectivity index (χ4n) is 5.40. The van der Waals surface area contributed by atoms with Crippen LogP contribution in [0.25, 0.3) is 11.3 Å². The molecular weight excluding hydrogens is 464 g/mol. The molecule has 37 heavy (non-hydrogen) atoms. The van der Waals surface area contributed by atoms with E-state index < -0.39 is 5.91 Å². The molecule has 0 bridgehead atoms. The van der Waals surface area contributed by atoms with E-state index in [1.165, 1.54) is 17.6 Å². The molecule has 2 N–H and O–H groups in total. The minimum Gasteiger partial charge on any atom is -0.363 e. The van der Waals surface area contributed by atoms with Crippen LogP contribution in [0.3, 0.4) is 0 Å². The summed E-state index contributed by atoms with van der Waals surface area (Å²) in [5, 5.41) is 9.36. The highest BCUT2D eigenvalue weighted by Gasteiger charge is 2.26. The number of allylic oxidation sites excluding steroid dienone is 2. The van der Waals surface area contributed by atoms with Gasteiger partial charge in [-0.25, -0.2) is 4.98 Å². The van der Waals surface area contributed by atoms with Crippen LogP contribution in [-0.2, 0) is 11.2 Å². The molecule has 8 nitrogen and oxygen atoms in total. The molecule has 1 aliphatic carbocycles. The summed E-state index contributed by atoms with van der Waals surface area (Å²) in [7, 11) is 0. The molecule has 0 saturated carbocycles. The normalized spacial score (nSPS) is 16.2. The molecule has 5 rings (SSSR count). The van der Waals surface area contributed by atoms with Crippen LogP contribution in [-0.4, -0.2) is 44.3 Å². The van der Waals surface area contributed by atoms with Crippen LogP contribution >= 0.6 is 0 Å². The van der Waals surface area contributed by atoms with Gasteiger partial charge in [-0.3, -0.25) is 19.1 Å². The molecule has 1 aromatic carbocycles. The van der Waals surface area contributed by atoms with Gasteiger partial charge in [0.1, 0.15) is 6.07 Å². The Morgan fingerprint density at radius 1 is 1.16 bits per heavy atom. The van der Waals surface area contributed by atoms with Gasteiger partial charge in [0.15, 0.2) is 5.69 Å². The predicted octanol–water partition coefficient (Wildman–Crippen LogP) is 4.14. The van der Waals surface area contributed by atoms with Crippen LogP contribution in [0.5, 0.6) is 0 Å². The Balaban J connectivity index is 1.40. The summed E-state index contributed by atoms with van der Waals surface area (Å²) in [5.41, 5.74) is 11.0. The maximum Gasteiger partial charge on any atom is 0.285 e. The summed E-state index contributed by atoms with van der Waals surface area (Å²) in [4.78, 5) is 35.1. The number of nitrogens with zero attached hydrogens (tertiary/aromatic N) is 5. The SMILES string of the molecule is N#Cc1cn(-c2ccc(C3CCN(C(=O)Cc4cccnc4)CC3)cc2C2=CCCCC2)c(C(N)=O)n1. The van der Waals surface area contributed by atoms with Gasteiger partial charge in [0.2, 0.25) is 11.7 Å². The molecule has 1 aliphatic heterocycles. The number of hydrogen-bond donors (Lipinski definition) is 1. The molecule has 1 saturated heterocycles. The van der Waals surface area contributed by atoms with Gasteiger partial charge in [0.05, 0.1) is 12.1 Å². The minimum atomic E-state index is -0.669. The van der Waals surface area contributed by atoms with E-state index in [4.69, 9.17) is 5.73 Å². The molecule has 188 valence electrons. The second-order valence-electron chi connectivity index (χ2n) is 9.74. The molecular formula is C29H30N6O2. The fraction of sp³-hybridized carbons (Fsp3) is 0.345. The summed E-state index contributed by atoms with van der Waals surface area (Å²) in [6.45, 7) is 1.45. The van der Waals surface area contributed by atoms with Crippen molar-refractivity contribution in [3.63, 3.8) is 0 Å². The zero-order valence-electron chi connectivity index (χ0n) is 20.8. The van der Waals surface area contributed by atoms with Crippen molar-refractivity contribution in [1.82, 2.24) is 19.4 Å². The Kier molecular flexibility index (Phi) is 7.13. The van der Waals surface area contributed by atoms with E-state index >= 15 is 0 Å². The van der Waals surface area contributed by atoms with Crippen LogP contribution < -0.4 is 5.73 Å². The maximum absolute atomic E-state index is 12.8. The predicted molar refractivity (Wildman–Crippen MR) is 140 cm³/mol. The van der Waals surface area contributed by atoms with Crippen LogP contribution in [0.15, 0.2) is 55.0 Å². The van der Waals surface area contributed by atoms with Crippen LogP contribution in [0, 0.1) is 11.3 Å². The fourth-order valence-corrected chi connectivity index (χ4v) is 5.40. The third-order valence-corrected chi connectivity index (χ3v) is 7.36. The molecule has 1 fully saturated rings. The van der Waals surface area contributed by atoms with E-state index in [0.29, 0.717) is 12.3 Å². The molecule has 0 unspecified atom stereocenters. The van der Waals surface area contributed by atoms with E-state index in [-0.39, 0.29) is 17.4 Å². The molecule has 3 heterocycles. The number of amides is 2. The lowest BCUT2D eigenvalue weighted by Crippen LogP contribution is -2.38. The molecule has 3 aromatic rings. The number of rotatable bonds is 6. The smallest absolute Gasteiger partial charge is 0.285 e. The first kappa shape index (κ1) is 24.4. The monoisotopic (exact) mass is 494 g/mol. The largest absolute Gasteiger partial charge is 0.363 e. The highest BCUT2D eigenvalue weighted by Crippen LogP contribution is 2.36. The first-order valence-corrected chi connectivity index (χ1v) is 12.8. The summed E-state index contributed by atoms with van der Waals surface area (Å²) in [6, 6.07) is 12.1. The Labute approximate surface area is 216 Å². The van der Waals surface area contributed by atoms with Crippen molar-refractivity contribution in [2.75, 3.05) is 13.1 Å². The number of nitriles is 1. The number of carbonyl (C=O) groups excluding carboxylic acids is 2. The van der Waals surface area contributed by atoms with Crippen molar-refractivity contribution < 1.29 is 9.59 Å². The first-order valence-electron chi connectivity index (χ1n) is 12.8. The summed E-state index contributed by atoms with van der Waals surface area (Å²) in [5.74, 6) is -0.130. The number of hydrogen-bond acceptors (Lipinski definition) is 5. The number of carbonyl (C=O) groups is 2. The van der Waals surface area contributed by atoms with Crippen LogP contribution in [0.2, 0.25) is 0 Å². The van der Waals surface area contributed by atoms with Gasteiger partial charge in [-0.2, -0.15) is 5.26 Å². The van der Waals surface area contributed by atoms with Crippen molar-refractivity contribution in [1.29, 1.82) is 5.26 Å². The molecule has 0 atom stereocenters. The first-order chi connectivity index (χ1) is 18.0. The molecule has 8 heteroatoms. The standard InChI is InChI=1S/C29H30N6O2/c30-17-24-19-35(29(33-24)28(31)37)26-9-8-23(16-25(26)22-6-2-1-3-7-22)21-10-13-34(14-11-21)27(36)15-20-5-4-12-32-18-20/h4-6,8-9,12,16,18-19,21H,1-3,7,10-11,13-15H2,(H2,31,37). The minimum absolute atomic E-state index is 0.0578. The van der Waals surface area contributed by atoms with Crippen LogP contribution in [0.4, 0.5) is 0 Å². The van der Waals surface area contributed by atoms with Gasteiger partial charge in [0.25, 0.3) is 5.91 Å². The molecule has 0 radical (unpaired) electrons. The van der Waals surface area contributed by atoms with E-state index in [0.717, 1.165) is 62.0 Å². The number of nitrogens with two attached hydrogens (primary N) is 1. The lowest BCUT2D eigenvalue weighted by molar-refractivity contribution is -0.131. The van der Waals surface area contributed by atoms with Crippen molar-refractivity contribution in [2.45, 2.75) is 50.9 Å². The lowest BCUT2D eigenvalue weighted by atomic mass is 9.85. The van der Waals surface area contributed by atoms with E-state index in [1.54, 1.807) is 23.2 Å². The average Bonchev–Trinajstić information content (AvgIpc) is 3.39. The van der Waals surface area contributed by atoms with Crippen molar-refractivity contribution in [3.05, 3.63) is 83.2 Å². The zero-order chi connectivity index (χ0) is 25.8. The zero-order valence-corrected chi connectivity index (χ0v) is 20.8. The Morgan fingerprint density at radius 2 is 2.00 bits per heavy atom. The van der Waals surface area contributed by atoms with Gasteiger partial charge in [-0.1, -0.05) is 18.2 Å². The van der Waals surface area contributed by atoms with Gasteiger partial charge < -0.3 is 10.6 Å². The molecule has 0 spiro atoms. The quantitative estimate of drug-likeness (QED) is 0.552. The third-order valence-electron chi connectivity index (χ3n) is 7.36. The average molecular weight is 495 g/mol. The van der Waals surface area contributed by atoms with Crippen LogP contribution in [0.1, 0.15) is 77.4 Å². The number of primary amides is 1. The van der Waals surface area contributed by atoms with Gasteiger partial charge in [-0.05, 0) is 79.3 Å². The molecule has 2 aliphatic rings. The van der Waals surface area contributed by atoms with E-state index in [1.807, 2.05) is 29.2 Å². The van der Waals surface area contributed by atoms with Crippen molar-refractivity contribution in [2.24, 2.45) is 5.73 Å². The number of piperidine rings is 1.